The minimum Gasteiger partial charge on any atom is -0.386 e. The van der Waals surface area contributed by atoms with E-state index < -0.39 is 11.2 Å². The summed E-state index contributed by atoms with van der Waals surface area (Å²) < 4.78 is 12.1. The Morgan fingerprint density at radius 3 is 2.26 bits per heavy atom. The van der Waals surface area contributed by atoms with Crippen molar-refractivity contribution in [3.8, 4) is 0 Å². The van der Waals surface area contributed by atoms with Gasteiger partial charge < -0.3 is 14.6 Å². The van der Waals surface area contributed by atoms with Gasteiger partial charge in [0.2, 0.25) is 0 Å². The van der Waals surface area contributed by atoms with Gasteiger partial charge in [0.25, 0.3) is 0 Å². The number of ether oxygens (including phenoxy) is 2. The van der Waals surface area contributed by atoms with E-state index in [9.17, 15) is 5.11 Å². The van der Waals surface area contributed by atoms with Gasteiger partial charge in [-0.15, -0.1) is 0 Å². The van der Waals surface area contributed by atoms with E-state index in [-0.39, 0.29) is 11.2 Å². The first-order chi connectivity index (χ1) is 8.68. The zero-order chi connectivity index (χ0) is 13.9. The molecule has 1 aliphatic carbocycles. The largest absolute Gasteiger partial charge is 0.386 e. The Kier molecular flexibility index (Phi) is 2.88. The zero-order valence-corrected chi connectivity index (χ0v) is 12.8. The van der Waals surface area contributed by atoms with Crippen LogP contribution in [0.3, 0.4) is 0 Å². The SMILES string of the molecule is CC1(C)CC(O)(C2CCOC3(CCC3)C2)C(C)(C)O1. The molecule has 2 heterocycles. The fraction of sp³-hybridized carbons (Fsp3) is 1.00. The quantitative estimate of drug-likeness (QED) is 0.794. The van der Waals surface area contributed by atoms with Crippen LogP contribution in [0.15, 0.2) is 0 Å². The van der Waals surface area contributed by atoms with Gasteiger partial charge in [0, 0.05) is 13.0 Å². The summed E-state index contributed by atoms with van der Waals surface area (Å²) in [6.45, 7) is 9.06. The Morgan fingerprint density at radius 2 is 1.79 bits per heavy atom. The standard InChI is InChI=1S/C16H28O3/c1-13(2)11-16(17,14(3,4)19-13)12-6-9-18-15(10-12)7-5-8-15/h12,17H,5-11H2,1-4H3. The highest BCUT2D eigenvalue weighted by molar-refractivity contribution is 5.11. The molecular formula is C16H28O3. The second-order valence-electron chi connectivity index (χ2n) is 8.05. The Morgan fingerprint density at radius 1 is 1.11 bits per heavy atom. The van der Waals surface area contributed by atoms with E-state index in [0.717, 1.165) is 25.9 Å². The van der Waals surface area contributed by atoms with Crippen LogP contribution in [0.25, 0.3) is 0 Å². The van der Waals surface area contributed by atoms with E-state index in [4.69, 9.17) is 9.47 Å². The summed E-state index contributed by atoms with van der Waals surface area (Å²) in [7, 11) is 0. The number of hydrogen-bond acceptors (Lipinski definition) is 3. The molecule has 19 heavy (non-hydrogen) atoms. The van der Waals surface area contributed by atoms with Crippen molar-refractivity contribution >= 4 is 0 Å². The van der Waals surface area contributed by atoms with Crippen LogP contribution in [0, 0.1) is 5.92 Å². The maximum Gasteiger partial charge on any atom is 0.0987 e. The van der Waals surface area contributed by atoms with E-state index in [1.165, 1.54) is 19.3 Å². The van der Waals surface area contributed by atoms with Crippen molar-refractivity contribution in [2.45, 2.75) is 88.6 Å². The zero-order valence-electron chi connectivity index (χ0n) is 12.8. The summed E-state index contributed by atoms with van der Waals surface area (Å²) in [5.74, 6) is 0.304. The normalized spacial score (nSPS) is 43.1. The molecule has 1 spiro atoms. The maximum absolute atomic E-state index is 11.4. The van der Waals surface area contributed by atoms with E-state index in [1.807, 2.05) is 13.8 Å². The average Bonchev–Trinajstić information content (AvgIpc) is 2.41. The van der Waals surface area contributed by atoms with Gasteiger partial charge >= 0.3 is 0 Å². The van der Waals surface area contributed by atoms with Crippen LogP contribution in [0.1, 0.15) is 66.2 Å². The number of rotatable bonds is 1. The second kappa shape index (κ2) is 3.96. The summed E-state index contributed by atoms with van der Waals surface area (Å²) >= 11 is 0. The van der Waals surface area contributed by atoms with E-state index in [1.54, 1.807) is 0 Å². The van der Waals surface area contributed by atoms with Crippen LogP contribution in [-0.2, 0) is 9.47 Å². The van der Waals surface area contributed by atoms with Gasteiger partial charge in [0.1, 0.15) is 0 Å². The monoisotopic (exact) mass is 268 g/mol. The number of aliphatic hydroxyl groups is 1. The minimum atomic E-state index is -0.719. The molecule has 3 nitrogen and oxygen atoms in total. The van der Waals surface area contributed by atoms with Crippen molar-refractivity contribution in [2.75, 3.05) is 6.61 Å². The molecular weight excluding hydrogens is 240 g/mol. The summed E-state index contributed by atoms with van der Waals surface area (Å²) in [5, 5.41) is 11.4. The molecule has 0 bridgehead atoms. The molecule has 3 aliphatic rings. The van der Waals surface area contributed by atoms with Crippen molar-refractivity contribution in [3.05, 3.63) is 0 Å². The summed E-state index contributed by atoms with van der Waals surface area (Å²) in [6.07, 6.45) is 6.31. The average molecular weight is 268 g/mol. The van der Waals surface area contributed by atoms with Crippen LogP contribution >= 0.6 is 0 Å². The topological polar surface area (TPSA) is 38.7 Å². The third-order valence-corrected chi connectivity index (χ3v) is 5.70. The summed E-state index contributed by atoms with van der Waals surface area (Å²) in [5.41, 5.74) is -1.34. The van der Waals surface area contributed by atoms with Gasteiger partial charge in [-0.05, 0) is 65.7 Å². The highest BCUT2D eigenvalue weighted by atomic mass is 16.6. The lowest BCUT2D eigenvalue weighted by Crippen LogP contribution is -2.57. The molecule has 0 radical (unpaired) electrons. The highest BCUT2D eigenvalue weighted by Crippen LogP contribution is 2.55. The Bertz CT molecular complexity index is 370. The fourth-order valence-corrected chi connectivity index (χ4v) is 4.67. The predicted octanol–water partition coefficient (Wildman–Crippen LogP) is 3.04. The van der Waals surface area contributed by atoms with Crippen molar-refractivity contribution in [3.63, 3.8) is 0 Å². The van der Waals surface area contributed by atoms with Gasteiger partial charge in [-0.2, -0.15) is 0 Å². The Balaban J connectivity index is 1.84. The molecule has 0 aromatic rings. The van der Waals surface area contributed by atoms with Gasteiger partial charge in [-0.25, -0.2) is 0 Å². The molecule has 0 amide bonds. The molecule has 2 aliphatic heterocycles. The Hall–Kier alpha value is -0.120. The first kappa shape index (κ1) is 13.8. The lowest BCUT2D eigenvalue weighted by Gasteiger charge is -2.52. The molecule has 1 N–H and O–H groups in total. The van der Waals surface area contributed by atoms with Gasteiger partial charge in [-0.3, -0.25) is 0 Å². The van der Waals surface area contributed by atoms with Crippen LogP contribution in [-0.4, -0.2) is 34.1 Å². The molecule has 2 unspecified atom stereocenters. The summed E-state index contributed by atoms with van der Waals surface area (Å²) in [4.78, 5) is 0. The van der Waals surface area contributed by atoms with Crippen molar-refractivity contribution in [2.24, 2.45) is 5.92 Å². The minimum absolute atomic E-state index is 0.0848. The summed E-state index contributed by atoms with van der Waals surface area (Å²) in [6, 6.07) is 0. The van der Waals surface area contributed by atoms with Gasteiger partial charge in [0.05, 0.1) is 22.4 Å². The first-order valence-electron chi connectivity index (χ1n) is 7.75. The molecule has 0 aromatic heterocycles. The van der Waals surface area contributed by atoms with E-state index in [0.29, 0.717) is 5.92 Å². The lowest BCUT2D eigenvalue weighted by atomic mass is 9.63. The third-order valence-electron chi connectivity index (χ3n) is 5.70. The lowest BCUT2D eigenvalue weighted by molar-refractivity contribution is -0.203. The van der Waals surface area contributed by atoms with Crippen molar-refractivity contribution in [1.29, 1.82) is 0 Å². The van der Waals surface area contributed by atoms with Crippen LogP contribution in [0.4, 0.5) is 0 Å². The third kappa shape index (κ3) is 2.05. The molecule has 3 fully saturated rings. The Labute approximate surface area is 116 Å². The first-order valence-corrected chi connectivity index (χ1v) is 7.75. The van der Waals surface area contributed by atoms with Crippen molar-refractivity contribution < 1.29 is 14.6 Å². The molecule has 2 saturated heterocycles. The molecule has 1 saturated carbocycles. The molecule has 3 heteroatoms. The van der Waals surface area contributed by atoms with Crippen LogP contribution in [0.2, 0.25) is 0 Å². The van der Waals surface area contributed by atoms with Crippen molar-refractivity contribution in [1.82, 2.24) is 0 Å². The van der Waals surface area contributed by atoms with E-state index >= 15 is 0 Å². The predicted molar refractivity (Wildman–Crippen MR) is 74.1 cm³/mol. The number of hydrogen-bond donors (Lipinski definition) is 1. The fourth-order valence-electron chi connectivity index (χ4n) is 4.67. The molecule has 3 rings (SSSR count). The van der Waals surface area contributed by atoms with Gasteiger partial charge in [0.15, 0.2) is 0 Å². The second-order valence-corrected chi connectivity index (χ2v) is 8.05. The molecule has 0 aromatic carbocycles. The highest BCUT2D eigenvalue weighted by Gasteiger charge is 2.61. The van der Waals surface area contributed by atoms with E-state index in [2.05, 4.69) is 13.8 Å². The maximum atomic E-state index is 11.4. The van der Waals surface area contributed by atoms with Gasteiger partial charge in [-0.1, -0.05) is 0 Å². The smallest absolute Gasteiger partial charge is 0.0987 e. The van der Waals surface area contributed by atoms with Crippen LogP contribution in [0.5, 0.6) is 0 Å². The molecule has 110 valence electrons. The van der Waals surface area contributed by atoms with Crippen LogP contribution < -0.4 is 0 Å². The molecule has 2 atom stereocenters.